The topological polar surface area (TPSA) is 20.3 Å². The van der Waals surface area contributed by atoms with E-state index in [4.69, 9.17) is 0 Å². The van der Waals surface area contributed by atoms with Crippen LogP contribution in [0.2, 0.25) is 0 Å². The summed E-state index contributed by atoms with van der Waals surface area (Å²) in [5, 5.41) is 0. The summed E-state index contributed by atoms with van der Waals surface area (Å²) >= 11 is 0. The molecule has 2 heteroatoms. The molecule has 1 spiro atoms. The van der Waals surface area contributed by atoms with Crippen molar-refractivity contribution in [1.29, 1.82) is 0 Å². The second-order valence-corrected chi connectivity index (χ2v) is 8.12. The first kappa shape index (κ1) is 13.2. The van der Waals surface area contributed by atoms with Gasteiger partial charge in [0.25, 0.3) is 0 Å². The van der Waals surface area contributed by atoms with Gasteiger partial charge in [0.15, 0.2) is 0 Å². The third-order valence-corrected chi connectivity index (χ3v) is 7.00. The number of hydrogen-bond acceptors (Lipinski definition) is 1. The second kappa shape index (κ2) is 5.03. The first-order valence-electron chi connectivity index (χ1n) is 9.06. The summed E-state index contributed by atoms with van der Waals surface area (Å²) in [6, 6.07) is 0. The maximum absolute atomic E-state index is 12.8. The molecule has 3 aliphatic carbocycles. The van der Waals surface area contributed by atoms with Gasteiger partial charge < -0.3 is 4.90 Å². The molecular weight excluding hydrogens is 246 g/mol. The van der Waals surface area contributed by atoms with E-state index in [1.54, 1.807) is 0 Å². The number of hydrogen-bond donors (Lipinski definition) is 0. The molecule has 0 aromatic heterocycles. The van der Waals surface area contributed by atoms with E-state index < -0.39 is 0 Å². The molecular formula is C18H29NO. The van der Waals surface area contributed by atoms with Gasteiger partial charge in [-0.3, -0.25) is 4.79 Å². The fraction of sp³-hybridized carbons (Fsp3) is 0.944. The SMILES string of the molecule is O=C(C1CCCC2(C1)C[C@@H]1CC[C@H]2C1)N1CCCCC1. The number of piperidine rings is 1. The molecule has 1 saturated heterocycles. The van der Waals surface area contributed by atoms with Crippen LogP contribution in [0.4, 0.5) is 0 Å². The van der Waals surface area contributed by atoms with Crippen LogP contribution in [0.1, 0.15) is 70.6 Å². The smallest absolute Gasteiger partial charge is 0.225 e. The van der Waals surface area contributed by atoms with Gasteiger partial charge in [-0.2, -0.15) is 0 Å². The lowest BCUT2D eigenvalue weighted by atomic mass is 9.61. The molecule has 1 amide bonds. The molecule has 4 fully saturated rings. The van der Waals surface area contributed by atoms with Crippen molar-refractivity contribution < 1.29 is 4.79 Å². The van der Waals surface area contributed by atoms with Crippen molar-refractivity contribution in [1.82, 2.24) is 4.90 Å². The van der Waals surface area contributed by atoms with Gasteiger partial charge >= 0.3 is 0 Å². The zero-order chi connectivity index (χ0) is 13.6. The highest BCUT2D eigenvalue weighted by Crippen LogP contribution is 2.62. The Kier molecular flexibility index (Phi) is 3.31. The van der Waals surface area contributed by atoms with E-state index in [1.807, 2.05) is 0 Å². The van der Waals surface area contributed by atoms with Crippen LogP contribution in [0.3, 0.4) is 0 Å². The Balaban J connectivity index is 1.45. The first-order chi connectivity index (χ1) is 9.77. The van der Waals surface area contributed by atoms with Gasteiger partial charge in [0.05, 0.1) is 0 Å². The van der Waals surface area contributed by atoms with Gasteiger partial charge in [-0.05, 0) is 75.0 Å². The molecule has 4 rings (SSSR count). The highest BCUT2D eigenvalue weighted by atomic mass is 16.2. The molecule has 112 valence electrons. The fourth-order valence-corrected chi connectivity index (χ4v) is 6.09. The van der Waals surface area contributed by atoms with Gasteiger partial charge in [0.2, 0.25) is 5.91 Å². The number of carbonyl (C=O) groups excluding carboxylic acids is 1. The summed E-state index contributed by atoms with van der Waals surface area (Å²) in [5.41, 5.74) is 0.595. The molecule has 2 nitrogen and oxygen atoms in total. The average molecular weight is 275 g/mol. The Morgan fingerprint density at radius 2 is 1.80 bits per heavy atom. The van der Waals surface area contributed by atoms with Gasteiger partial charge in [-0.15, -0.1) is 0 Å². The minimum Gasteiger partial charge on any atom is -0.342 e. The molecule has 4 atom stereocenters. The Labute approximate surface area is 123 Å². The minimum atomic E-state index is 0.376. The Morgan fingerprint density at radius 3 is 2.50 bits per heavy atom. The van der Waals surface area contributed by atoms with Crippen molar-refractivity contribution in [2.24, 2.45) is 23.2 Å². The first-order valence-corrected chi connectivity index (χ1v) is 9.06. The van der Waals surface area contributed by atoms with E-state index in [0.717, 1.165) is 24.9 Å². The maximum atomic E-state index is 12.8. The van der Waals surface area contributed by atoms with E-state index in [-0.39, 0.29) is 0 Å². The summed E-state index contributed by atoms with van der Waals surface area (Å²) in [4.78, 5) is 15.0. The molecule has 3 saturated carbocycles. The highest BCUT2D eigenvalue weighted by molar-refractivity contribution is 5.79. The number of fused-ring (bicyclic) bond motifs is 3. The number of nitrogens with zero attached hydrogens (tertiary/aromatic N) is 1. The molecule has 20 heavy (non-hydrogen) atoms. The summed E-state index contributed by atoms with van der Waals surface area (Å²) < 4.78 is 0. The van der Waals surface area contributed by atoms with Crippen LogP contribution in [0, 0.1) is 23.2 Å². The minimum absolute atomic E-state index is 0.376. The monoisotopic (exact) mass is 275 g/mol. The molecule has 0 N–H and O–H groups in total. The lowest BCUT2D eigenvalue weighted by Crippen LogP contribution is -2.44. The van der Waals surface area contributed by atoms with Gasteiger partial charge in [-0.25, -0.2) is 0 Å². The van der Waals surface area contributed by atoms with Gasteiger partial charge in [0, 0.05) is 19.0 Å². The molecule has 1 aliphatic heterocycles. The van der Waals surface area contributed by atoms with Crippen LogP contribution in [-0.2, 0) is 4.79 Å². The molecule has 4 aliphatic rings. The summed E-state index contributed by atoms with van der Waals surface area (Å²) in [6.45, 7) is 2.07. The predicted octanol–water partition coefficient (Wildman–Crippen LogP) is 4.00. The van der Waals surface area contributed by atoms with E-state index in [9.17, 15) is 4.79 Å². The van der Waals surface area contributed by atoms with E-state index in [0.29, 0.717) is 17.2 Å². The molecule has 0 radical (unpaired) electrons. The highest BCUT2D eigenvalue weighted by Gasteiger charge is 2.53. The van der Waals surface area contributed by atoms with Crippen molar-refractivity contribution in [3.63, 3.8) is 0 Å². The predicted molar refractivity (Wildman–Crippen MR) is 80.3 cm³/mol. The fourth-order valence-electron chi connectivity index (χ4n) is 6.09. The number of rotatable bonds is 1. The maximum Gasteiger partial charge on any atom is 0.225 e. The van der Waals surface area contributed by atoms with Crippen molar-refractivity contribution >= 4 is 5.91 Å². The van der Waals surface area contributed by atoms with E-state index >= 15 is 0 Å². The number of carbonyl (C=O) groups is 1. The van der Waals surface area contributed by atoms with E-state index in [2.05, 4.69) is 4.90 Å². The van der Waals surface area contributed by atoms with E-state index in [1.165, 1.54) is 70.6 Å². The van der Waals surface area contributed by atoms with Crippen LogP contribution < -0.4 is 0 Å². The quantitative estimate of drug-likeness (QED) is 0.708. The third kappa shape index (κ3) is 2.10. The van der Waals surface area contributed by atoms with Crippen molar-refractivity contribution in [2.45, 2.75) is 70.6 Å². The molecule has 2 bridgehead atoms. The Hall–Kier alpha value is -0.530. The lowest BCUT2D eigenvalue weighted by molar-refractivity contribution is -0.139. The second-order valence-electron chi connectivity index (χ2n) is 8.12. The normalized spacial score (nSPS) is 44.2. The lowest BCUT2D eigenvalue weighted by Gasteiger charge is -2.45. The number of amides is 1. The number of likely N-dealkylation sites (tertiary alicyclic amines) is 1. The summed E-state index contributed by atoms with van der Waals surface area (Å²) in [7, 11) is 0. The van der Waals surface area contributed by atoms with Crippen molar-refractivity contribution in [3.05, 3.63) is 0 Å². The van der Waals surface area contributed by atoms with Crippen LogP contribution in [0.15, 0.2) is 0 Å². The van der Waals surface area contributed by atoms with Crippen molar-refractivity contribution in [2.75, 3.05) is 13.1 Å². The van der Waals surface area contributed by atoms with Crippen LogP contribution >= 0.6 is 0 Å². The van der Waals surface area contributed by atoms with Gasteiger partial charge in [-0.1, -0.05) is 12.8 Å². The zero-order valence-corrected chi connectivity index (χ0v) is 12.8. The Bertz CT molecular complexity index is 387. The molecule has 1 heterocycles. The molecule has 0 aromatic rings. The summed E-state index contributed by atoms with van der Waals surface area (Å²) in [5.74, 6) is 2.89. The average Bonchev–Trinajstić information content (AvgIpc) is 3.08. The van der Waals surface area contributed by atoms with Crippen LogP contribution in [0.25, 0.3) is 0 Å². The van der Waals surface area contributed by atoms with Gasteiger partial charge in [0.1, 0.15) is 0 Å². The summed E-state index contributed by atoms with van der Waals surface area (Å²) in [6.07, 6.45) is 14.8. The van der Waals surface area contributed by atoms with Crippen molar-refractivity contribution in [3.8, 4) is 0 Å². The van der Waals surface area contributed by atoms with Crippen LogP contribution in [-0.4, -0.2) is 23.9 Å². The third-order valence-electron chi connectivity index (χ3n) is 7.00. The largest absolute Gasteiger partial charge is 0.342 e. The standard InChI is InChI=1S/C18H29NO/c20-17(19-9-2-1-3-10-19)15-5-4-8-18(13-15)12-14-6-7-16(18)11-14/h14-16H,1-13H2/t14-,15?,16+,18?/m1/s1. The molecule has 2 unspecified atom stereocenters. The van der Waals surface area contributed by atoms with Crippen LogP contribution in [0.5, 0.6) is 0 Å². The Morgan fingerprint density at radius 1 is 0.950 bits per heavy atom. The molecule has 0 aromatic carbocycles. The zero-order valence-electron chi connectivity index (χ0n) is 12.8.